The molecule has 0 radical (unpaired) electrons. The van der Waals surface area contributed by atoms with Crippen LogP contribution in [0.4, 0.5) is 8.78 Å². The highest BCUT2D eigenvalue weighted by Gasteiger charge is 2.36. The van der Waals surface area contributed by atoms with Crippen molar-refractivity contribution < 1.29 is 18.3 Å². The lowest BCUT2D eigenvalue weighted by Gasteiger charge is -2.38. The van der Waals surface area contributed by atoms with Crippen molar-refractivity contribution in [2.24, 2.45) is 0 Å². The summed E-state index contributed by atoms with van der Waals surface area (Å²) in [5, 5.41) is 10.8. The molecular formula is C21H20F2N2O2. The van der Waals surface area contributed by atoms with Crippen LogP contribution in [0.3, 0.4) is 0 Å². The third kappa shape index (κ3) is 3.63. The number of piperidine rings is 1. The molecule has 2 aromatic heterocycles. The van der Waals surface area contributed by atoms with Crippen LogP contribution in [0.2, 0.25) is 0 Å². The van der Waals surface area contributed by atoms with Crippen molar-refractivity contribution in [2.45, 2.75) is 25.0 Å². The van der Waals surface area contributed by atoms with Crippen LogP contribution in [0.1, 0.15) is 24.2 Å². The molecule has 0 bridgehead atoms. The number of likely N-dealkylation sites (tertiary alicyclic amines) is 1. The first-order valence-corrected chi connectivity index (χ1v) is 8.94. The molecule has 3 aromatic rings. The van der Waals surface area contributed by atoms with Gasteiger partial charge >= 0.3 is 0 Å². The number of furan rings is 1. The Morgan fingerprint density at radius 3 is 2.56 bits per heavy atom. The first-order valence-electron chi connectivity index (χ1n) is 8.94. The number of halogens is 2. The van der Waals surface area contributed by atoms with Crippen LogP contribution in [0.5, 0.6) is 0 Å². The van der Waals surface area contributed by atoms with Crippen molar-refractivity contribution in [1.29, 1.82) is 0 Å². The number of hydrogen-bond donors (Lipinski definition) is 1. The summed E-state index contributed by atoms with van der Waals surface area (Å²) in [4.78, 5) is 5.77. The molecule has 0 saturated carbocycles. The lowest BCUT2D eigenvalue weighted by molar-refractivity contribution is -0.0319. The zero-order valence-electron chi connectivity index (χ0n) is 14.7. The van der Waals surface area contributed by atoms with E-state index in [0.717, 1.165) is 5.76 Å². The molecule has 1 aromatic carbocycles. The first kappa shape index (κ1) is 17.8. The maximum Gasteiger partial charge on any atom is 0.218 e. The van der Waals surface area contributed by atoms with Crippen LogP contribution in [0, 0.1) is 11.8 Å². The number of aromatic nitrogens is 1. The quantitative estimate of drug-likeness (QED) is 0.703. The standard InChI is InChI=1S/C21H20F2N2O2/c22-18-6-2-1-4-16(18)19-8-7-15(27-19)14-25-12-9-21(26,10-13-25)17-5-3-11-24-20(17)23/h1-8,11,26H,9-10,12-14H2. The second-order valence-corrected chi connectivity index (χ2v) is 6.90. The predicted octanol–water partition coefficient (Wildman–Crippen LogP) is 4.10. The number of rotatable bonds is 4. The zero-order chi connectivity index (χ0) is 18.9. The summed E-state index contributed by atoms with van der Waals surface area (Å²) in [6, 6.07) is 13.3. The van der Waals surface area contributed by atoms with Gasteiger partial charge in [-0.1, -0.05) is 18.2 Å². The maximum absolute atomic E-state index is 13.9. The molecule has 1 saturated heterocycles. The SMILES string of the molecule is OC1(c2cccnc2F)CCN(Cc2ccc(-c3ccccc3F)o2)CC1. The van der Waals surface area contributed by atoms with Gasteiger partial charge in [-0.15, -0.1) is 0 Å². The van der Waals surface area contributed by atoms with Gasteiger partial charge in [-0.3, -0.25) is 4.90 Å². The summed E-state index contributed by atoms with van der Waals surface area (Å²) in [7, 11) is 0. The fourth-order valence-electron chi connectivity index (χ4n) is 3.57. The summed E-state index contributed by atoms with van der Waals surface area (Å²) in [5.41, 5.74) is -0.510. The van der Waals surface area contributed by atoms with E-state index in [4.69, 9.17) is 4.42 Å². The largest absolute Gasteiger partial charge is 0.460 e. The summed E-state index contributed by atoms with van der Waals surface area (Å²) in [5.74, 6) is 0.286. The van der Waals surface area contributed by atoms with Gasteiger partial charge in [0.1, 0.15) is 17.3 Å². The molecule has 0 amide bonds. The topological polar surface area (TPSA) is 49.5 Å². The van der Waals surface area contributed by atoms with Crippen molar-refractivity contribution >= 4 is 0 Å². The van der Waals surface area contributed by atoms with Gasteiger partial charge in [-0.05, 0) is 43.2 Å². The van der Waals surface area contributed by atoms with Crippen molar-refractivity contribution in [3.05, 3.63) is 77.8 Å². The Bertz CT molecular complexity index is 933. The average molecular weight is 370 g/mol. The Morgan fingerprint density at radius 2 is 1.81 bits per heavy atom. The van der Waals surface area contributed by atoms with Crippen LogP contribution in [0.15, 0.2) is 59.1 Å². The van der Waals surface area contributed by atoms with Gasteiger partial charge in [-0.2, -0.15) is 4.39 Å². The van der Waals surface area contributed by atoms with E-state index < -0.39 is 11.5 Å². The minimum atomic E-state index is -1.20. The number of hydrogen-bond acceptors (Lipinski definition) is 4. The minimum Gasteiger partial charge on any atom is -0.460 e. The van der Waals surface area contributed by atoms with Gasteiger partial charge in [-0.25, -0.2) is 9.37 Å². The molecule has 140 valence electrons. The highest BCUT2D eigenvalue weighted by Crippen LogP contribution is 2.34. The molecule has 1 fully saturated rings. The van der Waals surface area contributed by atoms with Crippen LogP contribution in [-0.2, 0) is 12.1 Å². The zero-order valence-corrected chi connectivity index (χ0v) is 14.7. The molecule has 0 atom stereocenters. The summed E-state index contributed by atoms with van der Waals surface area (Å²) < 4.78 is 33.6. The van der Waals surface area contributed by atoms with Gasteiger partial charge in [0.05, 0.1) is 17.7 Å². The number of nitrogens with zero attached hydrogens (tertiary/aromatic N) is 2. The Hall–Kier alpha value is -2.57. The number of pyridine rings is 1. The highest BCUT2D eigenvalue weighted by molar-refractivity contribution is 5.58. The Kier molecular flexibility index (Phi) is 4.76. The molecule has 27 heavy (non-hydrogen) atoms. The second kappa shape index (κ2) is 7.21. The Balaban J connectivity index is 1.42. The van der Waals surface area contributed by atoms with Crippen molar-refractivity contribution in [3.63, 3.8) is 0 Å². The van der Waals surface area contributed by atoms with Gasteiger partial charge < -0.3 is 9.52 Å². The van der Waals surface area contributed by atoms with Gasteiger partial charge in [0.2, 0.25) is 5.95 Å². The van der Waals surface area contributed by atoms with Crippen LogP contribution in [0.25, 0.3) is 11.3 Å². The molecule has 1 N–H and O–H groups in total. The van der Waals surface area contributed by atoms with E-state index in [0.29, 0.717) is 43.8 Å². The lowest BCUT2D eigenvalue weighted by atomic mass is 9.85. The summed E-state index contributed by atoms with van der Waals surface area (Å²) in [6.07, 6.45) is 2.20. The van der Waals surface area contributed by atoms with Crippen LogP contribution >= 0.6 is 0 Å². The second-order valence-electron chi connectivity index (χ2n) is 6.90. The third-order valence-corrected chi connectivity index (χ3v) is 5.12. The molecule has 4 nitrogen and oxygen atoms in total. The predicted molar refractivity (Wildman–Crippen MR) is 96.7 cm³/mol. The molecule has 0 aliphatic carbocycles. The van der Waals surface area contributed by atoms with Gasteiger partial charge in [0.15, 0.2) is 0 Å². The van der Waals surface area contributed by atoms with Gasteiger partial charge in [0.25, 0.3) is 0 Å². The van der Waals surface area contributed by atoms with E-state index in [9.17, 15) is 13.9 Å². The normalized spacial score (nSPS) is 17.1. The van der Waals surface area contributed by atoms with Gasteiger partial charge in [0, 0.05) is 24.8 Å². The number of aliphatic hydroxyl groups is 1. The summed E-state index contributed by atoms with van der Waals surface area (Å²) in [6.45, 7) is 1.75. The average Bonchev–Trinajstić information content (AvgIpc) is 3.13. The van der Waals surface area contributed by atoms with E-state index in [2.05, 4.69) is 9.88 Å². The van der Waals surface area contributed by atoms with E-state index in [-0.39, 0.29) is 11.4 Å². The molecule has 4 rings (SSSR count). The molecule has 3 heterocycles. The first-order chi connectivity index (χ1) is 13.0. The molecule has 1 aliphatic rings. The third-order valence-electron chi connectivity index (χ3n) is 5.12. The lowest BCUT2D eigenvalue weighted by Crippen LogP contribution is -2.42. The van der Waals surface area contributed by atoms with Crippen molar-refractivity contribution in [2.75, 3.05) is 13.1 Å². The van der Waals surface area contributed by atoms with Crippen molar-refractivity contribution in [3.8, 4) is 11.3 Å². The monoisotopic (exact) mass is 370 g/mol. The fraction of sp³-hybridized carbons (Fsp3) is 0.286. The van der Waals surface area contributed by atoms with E-state index >= 15 is 0 Å². The summed E-state index contributed by atoms with van der Waals surface area (Å²) >= 11 is 0. The molecule has 6 heteroatoms. The smallest absolute Gasteiger partial charge is 0.218 e. The Morgan fingerprint density at radius 1 is 1.04 bits per heavy atom. The van der Waals surface area contributed by atoms with Crippen molar-refractivity contribution in [1.82, 2.24) is 9.88 Å². The molecule has 0 unspecified atom stereocenters. The van der Waals surface area contributed by atoms with E-state index in [1.807, 2.05) is 6.07 Å². The maximum atomic E-state index is 13.9. The van der Waals surface area contributed by atoms with Crippen LogP contribution < -0.4 is 0 Å². The number of benzene rings is 1. The molecular weight excluding hydrogens is 350 g/mol. The Labute approximate surface area is 156 Å². The molecule has 0 spiro atoms. The fourth-order valence-corrected chi connectivity index (χ4v) is 3.57. The van der Waals surface area contributed by atoms with Crippen LogP contribution in [-0.4, -0.2) is 28.1 Å². The highest BCUT2D eigenvalue weighted by atomic mass is 19.1. The van der Waals surface area contributed by atoms with E-state index in [1.54, 1.807) is 36.4 Å². The minimum absolute atomic E-state index is 0.254. The molecule has 1 aliphatic heterocycles. The van der Waals surface area contributed by atoms with E-state index in [1.165, 1.54) is 12.3 Å².